The number of carboxylic acid groups (broad SMARTS) is 1. The maximum absolute atomic E-state index is 13.0. The molecule has 0 aliphatic rings. The molecule has 2 aromatic carbocycles. The first-order valence-electron chi connectivity index (χ1n) is 8.95. The van der Waals surface area contributed by atoms with Gasteiger partial charge in [-0.1, -0.05) is 43.3 Å². The fourth-order valence-corrected chi connectivity index (χ4v) is 4.21. The van der Waals surface area contributed by atoms with E-state index in [4.69, 9.17) is 4.74 Å². The van der Waals surface area contributed by atoms with E-state index in [9.17, 15) is 14.7 Å². The Morgan fingerprint density at radius 3 is 2.79 bits per heavy atom. The maximum Gasteiger partial charge on any atom is 0.337 e. The lowest BCUT2D eigenvalue weighted by atomic mass is 10.1. The summed E-state index contributed by atoms with van der Waals surface area (Å²) in [4.78, 5) is 29.3. The molecule has 2 aromatic heterocycles. The van der Waals surface area contributed by atoms with Crippen molar-refractivity contribution in [3.63, 3.8) is 0 Å². The van der Waals surface area contributed by atoms with Gasteiger partial charge in [0.05, 0.1) is 17.5 Å². The van der Waals surface area contributed by atoms with E-state index in [1.54, 1.807) is 0 Å². The maximum atomic E-state index is 13.0. The normalized spacial score (nSPS) is 11.2. The Labute approximate surface area is 164 Å². The number of ether oxygens (including phenoxy) is 1. The molecule has 2 heterocycles. The molecule has 0 aliphatic carbocycles. The number of benzene rings is 2. The fourth-order valence-electron chi connectivity index (χ4n) is 3.29. The van der Waals surface area contributed by atoms with Gasteiger partial charge in [0.1, 0.15) is 23.0 Å². The summed E-state index contributed by atoms with van der Waals surface area (Å²) < 4.78 is 7.47. The van der Waals surface area contributed by atoms with Gasteiger partial charge in [0.2, 0.25) is 0 Å². The van der Waals surface area contributed by atoms with Crippen LogP contribution in [-0.2, 0) is 13.0 Å². The number of aryl methyl sites for hydroxylation is 1. The molecule has 28 heavy (non-hydrogen) atoms. The second-order valence-electron chi connectivity index (χ2n) is 6.30. The zero-order chi connectivity index (χ0) is 19.7. The fraction of sp³-hybridized carbons (Fsp3) is 0.190. The number of hydrogen-bond acceptors (Lipinski definition) is 5. The van der Waals surface area contributed by atoms with Crippen molar-refractivity contribution in [2.24, 2.45) is 0 Å². The van der Waals surface area contributed by atoms with E-state index in [1.807, 2.05) is 49.4 Å². The number of rotatable bonds is 6. The van der Waals surface area contributed by atoms with Crippen LogP contribution in [0.3, 0.4) is 0 Å². The molecular formula is C21H18N2O4S. The van der Waals surface area contributed by atoms with Gasteiger partial charge in [-0.15, -0.1) is 11.3 Å². The van der Waals surface area contributed by atoms with Gasteiger partial charge in [-0.3, -0.25) is 9.36 Å². The molecule has 0 fully saturated rings. The number of nitrogens with zero attached hydrogens (tertiary/aromatic N) is 2. The third kappa shape index (κ3) is 3.14. The molecule has 4 aromatic rings. The van der Waals surface area contributed by atoms with E-state index >= 15 is 0 Å². The predicted octanol–water partition coefficient (Wildman–Crippen LogP) is 3.95. The number of aromatic nitrogens is 2. The summed E-state index contributed by atoms with van der Waals surface area (Å²) in [7, 11) is 0. The third-order valence-electron chi connectivity index (χ3n) is 4.64. The molecule has 0 spiro atoms. The highest BCUT2D eigenvalue weighted by molar-refractivity contribution is 7.17. The largest absolute Gasteiger partial charge is 0.491 e. The summed E-state index contributed by atoms with van der Waals surface area (Å²) >= 11 is 1.18. The number of aromatic carboxylic acids is 1. The predicted molar refractivity (Wildman–Crippen MR) is 110 cm³/mol. The van der Waals surface area contributed by atoms with Gasteiger partial charge < -0.3 is 9.84 Å². The van der Waals surface area contributed by atoms with Gasteiger partial charge in [-0.2, -0.15) is 0 Å². The van der Waals surface area contributed by atoms with Crippen LogP contribution in [-0.4, -0.2) is 27.2 Å². The highest BCUT2D eigenvalue weighted by Crippen LogP contribution is 2.25. The molecule has 142 valence electrons. The molecule has 0 amide bonds. The lowest BCUT2D eigenvalue weighted by Crippen LogP contribution is -2.28. The van der Waals surface area contributed by atoms with Gasteiger partial charge in [-0.05, 0) is 11.5 Å². The van der Waals surface area contributed by atoms with Crippen molar-refractivity contribution in [2.45, 2.75) is 19.9 Å². The van der Waals surface area contributed by atoms with Crippen LogP contribution in [0.5, 0.6) is 5.75 Å². The van der Waals surface area contributed by atoms with Gasteiger partial charge >= 0.3 is 5.97 Å². The molecule has 0 unspecified atom stereocenters. The van der Waals surface area contributed by atoms with Crippen LogP contribution in [0, 0.1) is 0 Å². The van der Waals surface area contributed by atoms with E-state index in [2.05, 4.69) is 4.98 Å². The van der Waals surface area contributed by atoms with Crippen molar-refractivity contribution in [3.05, 3.63) is 69.6 Å². The van der Waals surface area contributed by atoms with Crippen molar-refractivity contribution in [3.8, 4) is 5.75 Å². The van der Waals surface area contributed by atoms with Gasteiger partial charge in [0.25, 0.3) is 5.56 Å². The Bertz CT molecular complexity index is 1240. The molecule has 0 saturated heterocycles. The average molecular weight is 394 g/mol. The van der Waals surface area contributed by atoms with Crippen molar-refractivity contribution in [1.29, 1.82) is 0 Å². The van der Waals surface area contributed by atoms with E-state index in [-0.39, 0.29) is 23.1 Å². The van der Waals surface area contributed by atoms with Crippen LogP contribution < -0.4 is 10.3 Å². The monoisotopic (exact) mass is 394 g/mol. The molecule has 0 radical (unpaired) electrons. The molecular weight excluding hydrogens is 376 g/mol. The molecule has 0 atom stereocenters. The Morgan fingerprint density at radius 1 is 1.21 bits per heavy atom. The van der Waals surface area contributed by atoms with E-state index in [0.29, 0.717) is 23.6 Å². The van der Waals surface area contributed by atoms with Crippen LogP contribution in [0.15, 0.2) is 52.6 Å². The van der Waals surface area contributed by atoms with Crippen molar-refractivity contribution in [1.82, 2.24) is 9.55 Å². The molecule has 1 N–H and O–H groups in total. The van der Waals surface area contributed by atoms with Crippen molar-refractivity contribution in [2.75, 3.05) is 6.61 Å². The van der Waals surface area contributed by atoms with E-state index < -0.39 is 5.97 Å². The van der Waals surface area contributed by atoms with E-state index in [0.717, 1.165) is 16.5 Å². The van der Waals surface area contributed by atoms with E-state index in [1.165, 1.54) is 21.3 Å². The number of hydrogen-bond donors (Lipinski definition) is 1. The molecule has 0 aliphatic heterocycles. The lowest BCUT2D eigenvalue weighted by Gasteiger charge is -2.13. The SMILES string of the molecule is CCc1nc2scc(C(=O)O)c2c(=O)n1CCOc1cccc2ccccc12. The minimum absolute atomic E-state index is 0.00359. The Morgan fingerprint density at radius 2 is 2.00 bits per heavy atom. The van der Waals surface area contributed by atoms with Crippen LogP contribution in [0.2, 0.25) is 0 Å². The summed E-state index contributed by atoms with van der Waals surface area (Å²) in [5, 5.41) is 13.1. The van der Waals surface area contributed by atoms with Crippen molar-refractivity contribution >= 4 is 38.3 Å². The minimum Gasteiger partial charge on any atom is -0.491 e. The summed E-state index contributed by atoms with van der Waals surface area (Å²) in [6.45, 7) is 2.49. The summed E-state index contributed by atoms with van der Waals surface area (Å²) in [5.74, 6) is 0.255. The second kappa shape index (κ2) is 7.44. The van der Waals surface area contributed by atoms with Crippen LogP contribution in [0.4, 0.5) is 0 Å². The Balaban J connectivity index is 1.66. The molecule has 4 rings (SSSR count). The zero-order valence-corrected chi connectivity index (χ0v) is 16.0. The first-order valence-corrected chi connectivity index (χ1v) is 9.83. The van der Waals surface area contributed by atoms with Crippen LogP contribution >= 0.6 is 11.3 Å². The molecule has 7 heteroatoms. The summed E-state index contributed by atoms with van der Waals surface area (Å²) in [5.41, 5.74) is -0.328. The zero-order valence-electron chi connectivity index (χ0n) is 15.2. The van der Waals surface area contributed by atoms with Gasteiger partial charge in [0, 0.05) is 17.2 Å². The van der Waals surface area contributed by atoms with Crippen LogP contribution in [0.1, 0.15) is 23.1 Å². The number of fused-ring (bicyclic) bond motifs is 2. The lowest BCUT2D eigenvalue weighted by molar-refractivity contribution is 0.0699. The van der Waals surface area contributed by atoms with Gasteiger partial charge in [-0.25, -0.2) is 9.78 Å². The van der Waals surface area contributed by atoms with Crippen molar-refractivity contribution < 1.29 is 14.6 Å². The first-order chi connectivity index (χ1) is 13.6. The number of carbonyl (C=O) groups is 1. The Hall–Kier alpha value is -3.19. The summed E-state index contributed by atoms with van der Waals surface area (Å²) in [6.07, 6.45) is 0.569. The molecule has 0 bridgehead atoms. The second-order valence-corrected chi connectivity index (χ2v) is 7.16. The minimum atomic E-state index is -1.12. The standard InChI is InChI=1S/C21H18N2O4S/c1-2-17-22-19-18(15(12-28-19)21(25)26)20(24)23(17)10-11-27-16-9-5-7-13-6-3-4-8-14(13)16/h3-9,12H,2,10-11H2,1H3,(H,25,26). The highest BCUT2D eigenvalue weighted by atomic mass is 32.1. The first kappa shape index (κ1) is 18.2. The number of carboxylic acids is 1. The molecule has 0 saturated carbocycles. The highest BCUT2D eigenvalue weighted by Gasteiger charge is 2.19. The summed E-state index contributed by atoms with van der Waals surface area (Å²) in [6, 6.07) is 13.8. The molecule has 6 nitrogen and oxygen atoms in total. The topological polar surface area (TPSA) is 81.4 Å². The Kier molecular flexibility index (Phi) is 4.83. The average Bonchev–Trinajstić information content (AvgIpc) is 3.14. The smallest absolute Gasteiger partial charge is 0.337 e. The van der Waals surface area contributed by atoms with Crippen LogP contribution in [0.25, 0.3) is 21.0 Å². The quantitative estimate of drug-likeness (QED) is 0.535. The number of thiophene rings is 1. The third-order valence-corrected chi connectivity index (χ3v) is 5.51. The van der Waals surface area contributed by atoms with Gasteiger partial charge in [0.15, 0.2) is 0 Å².